The number of aliphatic hydroxyl groups excluding tert-OH is 3. The van der Waals surface area contributed by atoms with Gasteiger partial charge in [-0.05, 0) is 0 Å². The van der Waals surface area contributed by atoms with Crippen molar-refractivity contribution in [3.8, 4) is 0 Å². The molecule has 0 radical (unpaired) electrons. The maximum atomic E-state index is 10.8. The molecule has 0 spiro atoms. The van der Waals surface area contributed by atoms with Crippen molar-refractivity contribution in [2.45, 2.75) is 28.6 Å². The van der Waals surface area contributed by atoms with Crippen molar-refractivity contribution in [1.82, 2.24) is 0 Å². The maximum absolute atomic E-state index is 10.8. The Labute approximate surface area is 112 Å². The summed E-state index contributed by atoms with van der Waals surface area (Å²) in [7, 11) is -12.1. The van der Waals surface area contributed by atoms with E-state index in [1.807, 2.05) is 0 Å². The van der Waals surface area contributed by atoms with Gasteiger partial charge in [0, 0.05) is 0 Å². The minimum atomic E-state index is -6.07. The number of nitrogens with two attached hydrogens (primary N) is 1. The van der Waals surface area contributed by atoms with E-state index < -0.39 is 48.9 Å². The molecule has 4 atom stereocenters. The van der Waals surface area contributed by atoms with Crippen molar-refractivity contribution in [2.75, 3.05) is 0 Å². The van der Waals surface area contributed by atoms with E-state index in [0.29, 0.717) is 0 Å². The fourth-order valence-corrected chi connectivity index (χ4v) is 3.10. The summed E-state index contributed by atoms with van der Waals surface area (Å²) in [6.45, 7) is 0. The first-order valence-corrected chi connectivity index (χ1v) is 7.51. The number of hydrogen-bond donors (Lipinski definition) is 7. The number of carbonyl (C=O) groups excluding carboxylic acids is 1. The Morgan fingerprint density at radius 1 is 0.950 bits per heavy atom. The molecule has 0 aromatic heterocycles. The summed E-state index contributed by atoms with van der Waals surface area (Å²) in [4.78, 5) is 10.2. The van der Waals surface area contributed by atoms with E-state index in [4.69, 9.17) is 14.8 Å². The first-order chi connectivity index (χ1) is 8.71. The van der Waals surface area contributed by atoms with E-state index in [1.165, 1.54) is 0 Å². The van der Waals surface area contributed by atoms with Gasteiger partial charge in [0.25, 0.3) is 0 Å². The van der Waals surface area contributed by atoms with Crippen molar-refractivity contribution >= 4 is 26.5 Å². The molecule has 1 unspecified atom stereocenters. The number of rotatable bonds is 7. The molecule has 0 heterocycles. The average Bonchev–Trinajstić information content (AvgIpc) is 2.31. The molecular weight excluding hydrogens is 326 g/mol. The molecule has 0 saturated heterocycles. The van der Waals surface area contributed by atoms with Crippen LogP contribution in [0, 0.1) is 0 Å². The SMILES string of the molecule is N[C@@H](C=O)[C@@H](O)[C@H](O)C(O)C(O)(S(=O)(=O)O)S(=O)(=O)O. The summed E-state index contributed by atoms with van der Waals surface area (Å²) in [5.74, 6) is 0. The number of aliphatic hydroxyl groups is 4. The molecule has 0 rings (SSSR count). The Morgan fingerprint density at radius 3 is 1.55 bits per heavy atom. The van der Waals surface area contributed by atoms with Gasteiger partial charge in [-0.25, -0.2) is 0 Å². The van der Waals surface area contributed by atoms with Gasteiger partial charge in [0.1, 0.15) is 24.6 Å². The van der Waals surface area contributed by atoms with Gasteiger partial charge in [-0.2, -0.15) is 16.8 Å². The molecule has 8 N–H and O–H groups in total. The Hall–Kier alpha value is -0.710. The second-order valence-electron chi connectivity index (χ2n) is 3.72. The number of hydrogen-bond acceptors (Lipinski definition) is 10. The Bertz CT molecular complexity index is 521. The van der Waals surface area contributed by atoms with Crippen LogP contribution in [-0.4, -0.2) is 81.3 Å². The quantitative estimate of drug-likeness (QED) is 0.171. The molecule has 0 bridgehead atoms. The second kappa shape index (κ2) is 5.96. The Morgan fingerprint density at radius 2 is 1.30 bits per heavy atom. The highest BCUT2D eigenvalue weighted by molar-refractivity contribution is 8.05. The van der Waals surface area contributed by atoms with Crippen molar-refractivity contribution < 1.29 is 51.2 Å². The Balaban J connectivity index is 5.85. The molecule has 0 amide bonds. The van der Waals surface area contributed by atoms with Crippen LogP contribution in [-0.2, 0) is 25.0 Å². The summed E-state index contributed by atoms with van der Waals surface area (Å²) in [6.07, 6.45) is -8.70. The fraction of sp³-hybridized carbons (Fsp3) is 0.833. The normalized spacial score (nSPS) is 19.9. The minimum absolute atomic E-state index is 0.138. The first-order valence-electron chi connectivity index (χ1n) is 4.63. The van der Waals surface area contributed by atoms with Gasteiger partial charge in [-0.1, -0.05) is 0 Å². The van der Waals surface area contributed by atoms with Gasteiger partial charge in [-0.15, -0.1) is 0 Å². The lowest BCUT2D eigenvalue weighted by Gasteiger charge is -2.32. The van der Waals surface area contributed by atoms with E-state index in [9.17, 15) is 42.1 Å². The van der Waals surface area contributed by atoms with Gasteiger partial charge in [-0.3, -0.25) is 9.11 Å². The van der Waals surface area contributed by atoms with Gasteiger partial charge < -0.3 is 31.0 Å². The number of carbonyl (C=O) groups is 1. The Kier molecular flexibility index (Phi) is 5.75. The van der Waals surface area contributed by atoms with Crippen LogP contribution in [0.5, 0.6) is 0 Å². The monoisotopic (exact) mass is 339 g/mol. The highest BCUT2D eigenvalue weighted by atomic mass is 32.3. The third kappa shape index (κ3) is 3.30. The molecule has 0 aliphatic carbocycles. The van der Waals surface area contributed by atoms with Crippen LogP contribution in [0.3, 0.4) is 0 Å². The van der Waals surface area contributed by atoms with Crippen LogP contribution >= 0.6 is 0 Å². The lowest BCUT2D eigenvalue weighted by molar-refractivity contribution is -0.122. The molecule has 120 valence electrons. The van der Waals surface area contributed by atoms with Crippen molar-refractivity contribution in [3.63, 3.8) is 0 Å². The van der Waals surface area contributed by atoms with E-state index in [2.05, 4.69) is 0 Å². The smallest absolute Gasteiger partial charge is 0.347 e. The van der Waals surface area contributed by atoms with Crippen LogP contribution in [0.1, 0.15) is 0 Å². The van der Waals surface area contributed by atoms with Crippen molar-refractivity contribution in [1.29, 1.82) is 0 Å². The predicted molar refractivity (Wildman–Crippen MR) is 60.1 cm³/mol. The zero-order valence-electron chi connectivity index (χ0n) is 9.51. The lowest BCUT2D eigenvalue weighted by atomic mass is 10.0. The molecular formula is C6H13NO11S2. The molecule has 0 saturated carbocycles. The second-order valence-corrected chi connectivity index (χ2v) is 7.12. The first kappa shape index (κ1) is 19.3. The van der Waals surface area contributed by atoms with Crippen molar-refractivity contribution in [2.24, 2.45) is 5.73 Å². The molecule has 0 aliphatic rings. The predicted octanol–water partition coefficient (Wildman–Crippen LogP) is -4.98. The standard InChI is InChI=1S/C6H13NO11S2/c7-2(1-8)3(9)4(10)5(11)6(12,19(13,14)15)20(16,17)18/h1-5,9-12H,7H2,(H,13,14,15)(H,16,17,18)/t2-,3+,4-,5?/m0/s1. The summed E-state index contributed by atoms with van der Waals surface area (Å²) < 4.78 is 55.8. The van der Waals surface area contributed by atoms with Gasteiger partial charge in [0.05, 0.1) is 6.04 Å². The molecule has 12 nitrogen and oxygen atoms in total. The molecule has 20 heavy (non-hydrogen) atoms. The summed E-state index contributed by atoms with van der Waals surface area (Å²) in [6, 6.07) is -1.88. The van der Waals surface area contributed by atoms with Gasteiger partial charge >= 0.3 is 24.5 Å². The van der Waals surface area contributed by atoms with E-state index in [-0.39, 0.29) is 6.29 Å². The van der Waals surface area contributed by atoms with E-state index in [1.54, 1.807) is 0 Å². The fourth-order valence-electron chi connectivity index (χ4n) is 1.15. The van der Waals surface area contributed by atoms with E-state index in [0.717, 1.165) is 0 Å². The molecule has 0 aromatic rings. The van der Waals surface area contributed by atoms with Crippen LogP contribution in [0.4, 0.5) is 0 Å². The van der Waals surface area contributed by atoms with E-state index >= 15 is 0 Å². The summed E-state index contributed by atoms with van der Waals surface area (Å²) in [5, 5.41) is 37.1. The maximum Gasteiger partial charge on any atom is 0.347 e. The van der Waals surface area contributed by atoms with Crippen LogP contribution in [0.2, 0.25) is 0 Å². The molecule has 0 fully saturated rings. The van der Waals surface area contributed by atoms with Gasteiger partial charge in [0.2, 0.25) is 0 Å². The molecule has 0 aliphatic heterocycles. The van der Waals surface area contributed by atoms with Crippen molar-refractivity contribution in [3.05, 3.63) is 0 Å². The summed E-state index contributed by atoms with van der Waals surface area (Å²) in [5.41, 5.74) is 4.92. The van der Waals surface area contributed by atoms with Crippen LogP contribution in [0.25, 0.3) is 0 Å². The zero-order valence-corrected chi connectivity index (χ0v) is 11.1. The minimum Gasteiger partial charge on any atom is -0.388 e. The third-order valence-electron chi connectivity index (χ3n) is 2.34. The zero-order chi connectivity index (χ0) is 16.5. The van der Waals surface area contributed by atoms with Crippen LogP contribution < -0.4 is 5.73 Å². The average molecular weight is 339 g/mol. The highest BCUT2D eigenvalue weighted by Gasteiger charge is 2.62. The lowest BCUT2D eigenvalue weighted by Crippen LogP contribution is -2.63. The molecule has 14 heteroatoms. The summed E-state index contributed by atoms with van der Waals surface area (Å²) >= 11 is 0. The van der Waals surface area contributed by atoms with Gasteiger partial charge in [0.15, 0.2) is 0 Å². The number of aldehydes is 1. The third-order valence-corrected chi connectivity index (χ3v) is 5.56. The largest absolute Gasteiger partial charge is 0.388 e. The highest BCUT2D eigenvalue weighted by Crippen LogP contribution is 2.27. The molecule has 0 aromatic carbocycles. The topological polar surface area (TPSA) is 233 Å². The van der Waals surface area contributed by atoms with Crippen LogP contribution in [0.15, 0.2) is 0 Å².